The number of hydrogen-bond donors (Lipinski definition) is 1. The molecule has 0 saturated heterocycles. The molecule has 2 aromatic heterocycles. The fraction of sp³-hybridized carbons (Fsp3) is 0.0714. The second kappa shape index (κ2) is 4.35. The number of halogens is 2. The highest BCUT2D eigenvalue weighted by Crippen LogP contribution is 2.32. The quantitative estimate of drug-likeness (QED) is 0.741. The number of fused-ring (bicyclic) bond motifs is 1. The Hall–Kier alpha value is -1.88. The third kappa shape index (κ3) is 2.00. The number of pyridine rings is 1. The van der Waals surface area contributed by atoms with Crippen molar-refractivity contribution in [2.75, 3.05) is 5.73 Å². The van der Waals surface area contributed by atoms with Crippen molar-refractivity contribution in [3.63, 3.8) is 0 Å². The zero-order valence-corrected chi connectivity index (χ0v) is 11.8. The number of imidazole rings is 1. The van der Waals surface area contributed by atoms with Crippen LogP contribution < -0.4 is 5.73 Å². The van der Waals surface area contributed by atoms with Crippen molar-refractivity contribution in [1.29, 1.82) is 0 Å². The predicted octanol–water partition coefficient (Wildman–Crippen LogP) is 3.79. The van der Waals surface area contributed by atoms with Crippen LogP contribution in [-0.2, 0) is 0 Å². The van der Waals surface area contributed by atoms with Crippen LogP contribution in [0.2, 0.25) is 0 Å². The van der Waals surface area contributed by atoms with E-state index in [1.165, 1.54) is 12.1 Å². The first-order chi connectivity index (χ1) is 9.06. The molecule has 3 nitrogen and oxygen atoms in total. The molecule has 0 atom stereocenters. The molecule has 0 radical (unpaired) electrons. The van der Waals surface area contributed by atoms with Crippen molar-refractivity contribution in [3.8, 4) is 11.3 Å². The van der Waals surface area contributed by atoms with Gasteiger partial charge < -0.3 is 5.73 Å². The first-order valence-electron chi connectivity index (χ1n) is 5.76. The molecule has 0 spiro atoms. The molecule has 0 bridgehead atoms. The van der Waals surface area contributed by atoms with Crippen LogP contribution in [0.3, 0.4) is 0 Å². The molecule has 5 heteroatoms. The Labute approximate surface area is 118 Å². The average Bonchev–Trinajstić information content (AvgIpc) is 2.66. The van der Waals surface area contributed by atoms with Gasteiger partial charge in [-0.3, -0.25) is 4.40 Å². The summed E-state index contributed by atoms with van der Waals surface area (Å²) in [6.07, 6.45) is 1.88. The SMILES string of the molecule is Cc1ccn2c(N)c(-c3ccc(F)cc3Br)nc2c1. The molecule has 2 N–H and O–H groups in total. The lowest BCUT2D eigenvalue weighted by Crippen LogP contribution is -1.94. The number of aryl methyl sites for hydroxylation is 1. The lowest BCUT2D eigenvalue weighted by Gasteiger charge is -2.02. The number of nitrogens with two attached hydrogens (primary N) is 1. The number of rotatable bonds is 1. The average molecular weight is 320 g/mol. The number of anilines is 1. The molecule has 2 heterocycles. The van der Waals surface area contributed by atoms with Crippen LogP contribution in [0.5, 0.6) is 0 Å². The van der Waals surface area contributed by atoms with Gasteiger partial charge in [0.05, 0.1) is 0 Å². The maximum atomic E-state index is 13.1. The van der Waals surface area contributed by atoms with Gasteiger partial charge in [-0.2, -0.15) is 0 Å². The van der Waals surface area contributed by atoms with Crippen molar-refractivity contribution in [2.45, 2.75) is 6.92 Å². The van der Waals surface area contributed by atoms with E-state index in [0.29, 0.717) is 16.0 Å². The van der Waals surface area contributed by atoms with Crippen LogP contribution >= 0.6 is 15.9 Å². The Morgan fingerprint density at radius 2 is 2.05 bits per heavy atom. The Balaban J connectivity index is 2.27. The summed E-state index contributed by atoms with van der Waals surface area (Å²) >= 11 is 3.34. The van der Waals surface area contributed by atoms with Gasteiger partial charge in [-0.1, -0.05) is 0 Å². The van der Waals surface area contributed by atoms with Gasteiger partial charge in [-0.15, -0.1) is 0 Å². The highest BCUT2D eigenvalue weighted by atomic mass is 79.9. The first-order valence-corrected chi connectivity index (χ1v) is 6.55. The second-order valence-corrected chi connectivity index (χ2v) is 5.26. The van der Waals surface area contributed by atoms with Gasteiger partial charge in [0.15, 0.2) is 0 Å². The smallest absolute Gasteiger partial charge is 0.139 e. The molecule has 3 rings (SSSR count). The van der Waals surface area contributed by atoms with E-state index >= 15 is 0 Å². The van der Waals surface area contributed by atoms with E-state index in [1.54, 1.807) is 6.07 Å². The first kappa shape index (κ1) is 12.2. The summed E-state index contributed by atoms with van der Waals surface area (Å²) in [6.45, 7) is 2.00. The monoisotopic (exact) mass is 319 g/mol. The second-order valence-electron chi connectivity index (χ2n) is 4.40. The summed E-state index contributed by atoms with van der Waals surface area (Å²) in [6, 6.07) is 8.40. The minimum absolute atomic E-state index is 0.297. The zero-order valence-electron chi connectivity index (χ0n) is 10.2. The van der Waals surface area contributed by atoms with Crippen molar-refractivity contribution >= 4 is 27.4 Å². The van der Waals surface area contributed by atoms with Crippen LogP contribution in [-0.4, -0.2) is 9.38 Å². The van der Waals surface area contributed by atoms with E-state index in [0.717, 1.165) is 16.8 Å². The summed E-state index contributed by atoms with van der Waals surface area (Å²) in [5, 5.41) is 0. The molecule has 19 heavy (non-hydrogen) atoms. The standard InChI is InChI=1S/C14H11BrFN3/c1-8-4-5-19-12(6-8)18-13(14(19)17)10-3-2-9(16)7-11(10)15/h2-7H,17H2,1H3. The molecule has 0 unspecified atom stereocenters. The maximum Gasteiger partial charge on any atom is 0.139 e. The van der Waals surface area contributed by atoms with Crippen molar-refractivity contribution in [3.05, 3.63) is 52.4 Å². The number of hydrogen-bond acceptors (Lipinski definition) is 2. The van der Waals surface area contributed by atoms with E-state index in [9.17, 15) is 4.39 Å². The van der Waals surface area contributed by atoms with Crippen LogP contribution in [0.1, 0.15) is 5.56 Å². The third-order valence-corrected chi connectivity index (χ3v) is 3.66. The van der Waals surface area contributed by atoms with Crippen molar-refractivity contribution in [2.24, 2.45) is 0 Å². The largest absolute Gasteiger partial charge is 0.383 e. The Morgan fingerprint density at radius 1 is 1.26 bits per heavy atom. The number of nitrogen functional groups attached to an aromatic ring is 1. The summed E-state index contributed by atoms with van der Waals surface area (Å²) in [4.78, 5) is 4.52. The summed E-state index contributed by atoms with van der Waals surface area (Å²) in [5.41, 5.74) is 9.44. The number of benzene rings is 1. The van der Waals surface area contributed by atoms with Gasteiger partial charge in [0.25, 0.3) is 0 Å². The van der Waals surface area contributed by atoms with E-state index in [-0.39, 0.29) is 5.82 Å². The lowest BCUT2D eigenvalue weighted by atomic mass is 10.1. The number of aromatic nitrogens is 2. The molecule has 0 saturated carbocycles. The van der Waals surface area contributed by atoms with Gasteiger partial charge in [-0.05, 0) is 58.7 Å². The van der Waals surface area contributed by atoms with Crippen molar-refractivity contribution < 1.29 is 4.39 Å². The van der Waals surface area contributed by atoms with E-state index in [4.69, 9.17) is 5.73 Å². The van der Waals surface area contributed by atoms with Gasteiger partial charge >= 0.3 is 0 Å². The minimum atomic E-state index is -0.297. The van der Waals surface area contributed by atoms with Crippen LogP contribution in [0.25, 0.3) is 16.9 Å². The van der Waals surface area contributed by atoms with E-state index < -0.39 is 0 Å². The normalized spacial score (nSPS) is 11.1. The summed E-state index contributed by atoms with van der Waals surface area (Å²) in [7, 11) is 0. The van der Waals surface area contributed by atoms with Gasteiger partial charge in [0.2, 0.25) is 0 Å². The highest BCUT2D eigenvalue weighted by Gasteiger charge is 2.14. The maximum absolute atomic E-state index is 13.1. The fourth-order valence-electron chi connectivity index (χ4n) is 2.05. The van der Waals surface area contributed by atoms with Gasteiger partial charge in [0, 0.05) is 16.2 Å². The summed E-state index contributed by atoms with van der Waals surface area (Å²) < 4.78 is 15.6. The van der Waals surface area contributed by atoms with Crippen LogP contribution in [0, 0.1) is 12.7 Å². The van der Waals surface area contributed by atoms with Gasteiger partial charge in [-0.25, -0.2) is 9.37 Å². The molecule has 0 aliphatic heterocycles. The number of nitrogens with zero attached hydrogens (tertiary/aromatic N) is 2. The molecular weight excluding hydrogens is 309 g/mol. The lowest BCUT2D eigenvalue weighted by molar-refractivity contribution is 0.627. The van der Waals surface area contributed by atoms with Gasteiger partial charge in [0.1, 0.15) is 23.0 Å². The Kier molecular flexibility index (Phi) is 2.78. The molecule has 0 amide bonds. The van der Waals surface area contributed by atoms with Crippen molar-refractivity contribution in [1.82, 2.24) is 9.38 Å². The molecule has 96 valence electrons. The van der Waals surface area contributed by atoms with E-state index in [2.05, 4.69) is 20.9 Å². The fourth-order valence-corrected chi connectivity index (χ4v) is 2.58. The molecular formula is C14H11BrFN3. The Bertz CT molecular complexity index is 780. The topological polar surface area (TPSA) is 43.3 Å². The molecule has 0 aliphatic rings. The Morgan fingerprint density at radius 3 is 2.79 bits per heavy atom. The molecule has 0 aliphatic carbocycles. The van der Waals surface area contributed by atoms with E-state index in [1.807, 2.05) is 29.7 Å². The minimum Gasteiger partial charge on any atom is -0.383 e. The van der Waals surface area contributed by atoms with Crippen LogP contribution in [0.4, 0.5) is 10.2 Å². The molecule has 3 aromatic rings. The predicted molar refractivity (Wildman–Crippen MR) is 77.4 cm³/mol. The molecule has 0 fully saturated rings. The highest BCUT2D eigenvalue weighted by molar-refractivity contribution is 9.10. The van der Waals surface area contributed by atoms with Crippen LogP contribution in [0.15, 0.2) is 41.0 Å². The summed E-state index contributed by atoms with van der Waals surface area (Å²) in [5.74, 6) is 0.246. The molecule has 1 aromatic carbocycles. The zero-order chi connectivity index (χ0) is 13.6. The third-order valence-electron chi connectivity index (χ3n) is 3.00.